The highest BCUT2D eigenvalue weighted by molar-refractivity contribution is 5.99. The van der Waals surface area contributed by atoms with E-state index in [1.165, 1.54) is 0 Å². The largest absolute Gasteiger partial charge is 0.497 e. The molecule has 0 aliphatic heterocycles. The molecule has 25 heavy (non-hydrogen) atoms. The summed E-state index contributed by atoms with van der Waals surface area (Å²) in [5, 5.41) is 9.99. The van der Waals surface area contributed by atoms with Crippen LogP contribution < -0.4 is 4.74 Å². The molecule has 0 saturated carbocycles. The molecule has 0 amide bonds. The number of aromatic amines is 1. The van der Waals surface area contributed by atoms with Gasteiger partial charge in [0.05, 0.1) is 18.5 Å². The van der Waals surface area contributed by atoms with Crippen LogP contribution in [0.5, 0.6) is 5.75 Å². The predicted octanol–water partition coefficient (Wildman–Crippen LogP) is 6.26. The van der Waals surface area contributed by atoms with Gasteiger partial charge in [0.25, 0.3) is 0 Å². The zero-order valence-electron chi connectivity index (χ0n) is 13.8. The molecule has 4 heteroatoms. The lowest BCUT2D eigenvalue weighted by molar-refractivity contribution is 0.415. The van der Waals surface area contributed by atoms with Gasteiger partial charge in [-0.05, 0) is 42.5 Å². The third kappa shape index (κ3) is 3.02. The number of benzene rings is 3. The Hall–Kier alpha value is -3.40. The van der Waals surface area contributed by atoms with Crippen LogP contribution in [0.15, 0.2) is 89.1 Å². The van der Waals surface area contributed by atoms with Crippen LogP contribution in [0.3, 0.4) is 0 Å². The minimum absolute atomic E-state index is 0.826. The summed E-state index contributed by atoms with van der Waals surface area (Å²) < 4.78 is 5.25. The molecule has 3 aromatic carbocycles. The summed E-state index contributed by atoms with van der Waals surface area (Å²) in [6, 6.07) is 25.8. The van der Waals surface area contributed by atoms with E-state index in [9.17, 15) is 0 Å². The fourth-order valence-electron chi connectivity index (χ4n) is 2.80. The van der Waals surface area contributed by atoms with Crippen LogP contribution >= 0.6 is 0 Å². The molecule has 0 unspecified atom stereocenters. The second-order valence-electron chi connectivity index (χ2n) is 5.66. The molecule has 1 N–H and O–H groups in total. The van der Waals surface area contributed by atoms with E-state index >= 15 is 0 Å². The Kier molecular flexibility index (Phi) is 4.01. The van der Waals surface area contributed by atoms with E-state index in [1.54, 1.807) is 7.11 Å². The van der Waals surface area contributed by atoms with Crippen molar-refractivity contribution in [2.24, 2.45) is 10.2 Å². The van der Waals surface area contributed by atoms with Crippen molar-refractivity contribution in [3.63, 3.8) is 0 Å². The Morgan fingerprint density at radius 3 is 2.24 bits per heavy atom. The molecule has 0 spiro atoms. The first-order valence-electron chi connectivity index (χ1n) is 8.07. The highest BCUT2D eigenvalue weighted by atomic mass is 16.5. The Bertz CT molecular complexity index is 1020. The Morgan fingerprint density at radius 1 is 0.760 bits per heavy atom. The number of ether oxygens (including phenoxy) is 1. The lowest BCUT2D eigenvalue weighted by Crippen LogP contribution is -1.83. The molecule has 0 atom stereocenters. The van der Waals surface area contributed by atoms with Crippen molar-refractivity contribution < 1.29 is 4.74 Å². The lowest BCUT2D eigenvalue weighted by Gasteiger charge is -2.03. The standard InChI is InChI=1S/C21H17N3O/c1-25-17-13-11-15(12-14-17)20-21(18-9-5-6-10-19(18)22-20)24-23-16-7-3-2-4-8-16/h2-14,22H,1H3. The van der Waals surface area contributed by atoms with Crippen molar-refractivity contribution in [3.8, 4) is 17.0 Å². The van der Waals surface area contributed by atoms with Crippen molar-refractivity contribution >= 4 is 22.3 Å². The summed E-state index contributed by atoms with van der Waals surface area (Å²) in [7, 11) is 1.66. The average molecular weight is 327 g/mol. The van der Waals surface area contributed by atoms with Crippen LogP contribution in [0.2, 0.25) is 0 Å². The quantitative estimate of drug-likeness (QED) is 0.442. The van der Waals surface area contributed by atoms with Gasteiger partial charge >= 0.3 is 0 Å². The van der Waals surface area contributed by atoms with Crippen molar-refractivity contribution in [3.05, 3.63) is 78.9 Å². The number of azo groups is 1. The molecule has 1 heterocycles. The van der Waals surface area contributed by atoms with Gasteiger partial charge < -0.3 is 9.72 Å². The maximum atomic E-state index is 5.25. The van der Waals surface area contributed by atoms with Crippen molar-refractivity contribution in [1.82, 2.24) is 4.98 Å². The third-order valence-electron chi connectivity index (χ3n) is 4.08. The molecule has 4 rings (SSSR count). The number of para-hydroxylation sites is 1. The monoisotopic (exact) mass is 327 g/mol. The first-order valence-corrected chi connectivity index (χ1v) is 8.07. The van der Waals surface area contributed by atoms with Crippen LogP contribution in [-0.4, -0.2) is 12.1 Å². The zero-order chi connectivity index (χ0) is 17.1. The molecule has 1 aromatic heterocycles. The fourth-order valence-corrected chi connectivity index (χ4v) is 2.80. The molecular formula is C21H17N3O. The van der Waals surface area contributed by atoms with Crippen LogP contribution in [0.25, 0.3) is 22.2 Å². The maximum Gasteiger partial charge on any atom is 0.119 e. The van der Waals surface area contributed by atoms with Gasteiger partial charge in [-0.25, -0.2) is 0 Å². The Balaban J connectivity index is 1.84. The van der Waals surface area contributed by atoms with E-state index in [4.69, 9.17) is 4.74 Å². The lowest BCUT2D eigenvalue weighted by atomic mass is 10.1. The van der Waals surface area contributed by atoms with Crippen LogP contribution in [0, 0.1) is 0 Å². The predicted molar refractivity (Wildman–Crippen MR) is 101 cm³/mol. The van der Waals surface area contributed by atoms with E-state index in [2.05, 4.69) is 21.3 Å². The normalized spacial score (nSPS) is 11.2. The first-order chi connectivity index (χ1) is 12.3. The molecule has 122 valence electrons. The summed E-state index contributed by atoms with van der Waals surface area (Å²) in [5.74, 6) is 0.826. The number of methoxy groups -OCH3 is 1. The number of hydrogen-bond donors (Lipinski definition) is 1. The molecule has 0 bridgehead atoms. The highest BCUT2D eigenvalue weighted by Gasteiger charge is 2.13. The van der Waals surface area contributed by atoms with Gasteiger partial charge in [0.2, 0.25) is 0 Å². The molecule has 0 fully saturated rings. The van der Waals surface area contributed by atoms with Crippen molar-refractivity contribution in [1.29, 1.82) is 0 Å². The second-order valence-corrected chi connectivity index (χ2v) is 5.66. The van der Waals surface area contributed by atoms with E-state index in [1.807, 2.05) is 72.8 Å². The Morgan fingerprint density at radius 2 is 1.48 bits per heavy atom. The Labute approximate surface area is 145 Å². The smallest absolute Gasteiger partial charge is 0.119 e. The molecule has 4 aromatic rings. The number of aromatic nitrogens is 1. The molecule has 0 saturated heterocycles. The van der Waals surface area contributed by atoms with Gasteiger partial charge in [-0.3, -0.25) is 0 Å². The van der Waals surface area contributed by atoms with E-state index in [0.717, 1.165) is 39.3 Å². The minimum Gasteiger partial charge on any atom is -0.497 e. The number of H-pyrrole nitrogens is 1. The van der Waals surface area contributed by atoms with Crippen molar-refractivity contribution in [2.75, 3.05) is 7.11 Å². The average Bonchev–Trinajstić information content (AvgIpc) is 3.06. The van der Waals surface area contributed by atoms with Gasteiger partial charge in [-0.15, -0.1) is 5.11 Å². The SMILES string of the molecule is COc1ccc(-c2[nH]c3ccccc3c2N=Nc2ccccc2)cc1. The van der Waals surface area contributed by atoms with Gasteiger partial charge in [0, 0.05) is 16.5 Å². The first kappa shape index (κ1) is 15.1. The summed E-state index contributed by atoms with van der Waals surface area (Å²) in [4.78, 5) is 3.46. The number of nitrogens with one attached hydrogen (secondary N) is 1. The maximum absolute atomic E-state index is 5.25. The minimum atomic E-state index is 0.826. The van der Waals surface area contributed by atoms with Crippen LogP contribution in [0.4, 0.5) is 11.4 Å². The van der Waals surface area contributed by atoms with E-state index in [-0.39, 0.29) is 0 Å². The summed E-state index contributed by atoms with van der Waals surface area (Å²) in [6.07, 6.45) is 0. The number of fused-ring (bicyclic) bond motifs is 1. The van der Waals surface area contributed by atoms with Gasteiger partial charge in [-0.1, -0.05) is 36.4 Å². The highest BCUT2D eigenvalue weighted by Crippen LogP contribution is 2.38. The zero-order valence-corrected chi connectivity index (χ0v) is 13.8. The molecule has 4 nitrogen and oxygen atoms in total. The molecule has 0 aliphatic carbocycles. The summed E-state index contributed by atoms with van der Waals surface area (Å²) >= 11 is 0. The fraction of sp³-hybridized carbons (Fsp3) is 0.0476. The topological polar surface area (TPSA) is 49.7 Å². The van der Waals surface area contributed by atoms with Gasteiger partial charge in [0.15, 0.2) is 0 Å². The third-order valence-corrected chi connectivity index (χ3v) is 4.08. The summed E-state index contributed by atoms with van der Waals surface area (Å²) in [6.45, 7) is 0. The second kappa shape index (κ2) is 6.61. The van der Waals surface area contributed by atoms with Gasteiger partial charge in [-0.2, -0.15) is 5.11 Å². The van der Waals surface area contributed by atoms with E-state index < -0.39 is 0 Å². The summed E-state index contributed by atoms with van der Waals surface area (Å²) in [5.41, 5.74) is 4.69. The number of hydrogen-bond acceptors (Lipinski definition) is 3. The molecule has 0 radical (unpaired) electrons. The van der Waals surface area contributed by atoms with Gasteiger partial charge in [0.1, 0.15) is 11.4 Å². The van der Waals surface area contributed by atoms with Crippen molar-refractivity contribution in [2.45, 2.75) is 0 Å². The number of nitrogens with zero attached hydrogens (tertiary/aromatic N) is 2. The molecular weight excluding hydrogens is 310 g/mol. The van der Waals surface area contributed by atoms with E-state index in [0.29, 0.717) is 0 Å². The molecule has 0 aliphatic rings. The van der Waals surface area contributed by atoms with Crippen LogP contribution in [-0.2, 0) is 0 Å². The number of rotatable bonds is 4. The van der Waals surface area contributed by atoms with Crippen LogP contribution in [0.1, 0.15) is 0 Å².